The van der Waals surface area contributed by atoms with E-state index in [2.05, 4.69) is 10.3 Å². The first-order chi connectivity index (χ1) is 9.51. The number of rotatable bonds is 3. The smallest absolute Gasteiger partial charge is 0.248 e. The van der Waals surface area contributed by atoms with Crippen LogP contribution < -0.4 is 0 Å². The summed E-state index contributed by atoms with van der Waals surface area (Å²) in [5.41, 5.74) is 1.29. The van der Waals surface area contributed by atoms with Gasteiger partial charge >= 0.3 is 0 Å². The Morgan fingerprint density at radius 1 is 1.45 bits per heavy atom. The van der Waals surface area contributed by atoms with Crippen LogP contribution in [0.25, 0.3) is 0 Å². The molecule has 0 N–H and O–H groups in total. The summed E-state index contributed by atoms with van der Waals surface area (Å²) in [5, 5.41) is 7.78. The molecule has 1 saturated heterocycles. The molecule has 20 heavy (non-hydrogen) atoms. The first-order valence-corrected chi connectivity index (χ1v) is 7.86. The molecule has 2 aromatic rings. The van der Waals surface area contributed by atoms with Gasteiger partial charge in [-0.2, -0.15) is 9.40 Å². The maximum atomic E-state index is 12.7. The second-order valence-electron chi connectivity index (χ2n) is 4.92. The summed E-state index contributed by atoms with van der Waals surface area (Å²) in [7, 11) is -1.76. The van der Waals surface area contributed by atoms with Crippen LogP contribution in [0.1, 0.15) is 30.3 Å². The monoisotopic (exact) mass is 296 g/mol. The second kappa shape index (κ2) is 4.71. The zero-order chi connectivity index (χ0) is 14.3. The van der Waals surface area contributed by atoms with Gasteiger partial charge in [0, 0.05) is 19.8 Å². The van der Waals surface area contributed by atoms with Gasteiger partial charge in [0.1, 0.15) is 16.9 Å². The van der Waals surface area contributed by atoms with E-state index in [1.807, 2.05) is 13.1 Å². The van der Waals surface area contributed by atoms with Gasteiger partial charge in [0.2, 0.25) is 10.0 Å². The number of aromatic nitrogens is 3. The van der Waals surface area contributed by atoms with Crippen molar-refractivity contribution in [1.82, 2.24) is 19.2 Å². The number of aryl methyl sites for hydroxylation is 2. The van der Waals surface area contributed by atoms with Gasteiger partial charge in [-0.05, 0) is 25.8 Å². The summed E-state index contributed by atoms with van der Waals surface area (Å²) in [4.78, 5) is 0.145. The van der Waals surface area contributed by atoms with Crippen LogP contribution in [0.2, 0.25) is 0 Å². The number of sulfonamides is 1. The fourth-order valence-electron chi connectivity index (χ4n) is 2.69. The lowest BCUT2D eigenvalue weighted by atomic mass is 10.1. The Labute approximate surface area is 117 Å². The molecular formula is C12H16N4O3S. The summed E-state index contributed by atoms with van der Waals surface area (Å²) < 4.78 is 33.5. The maximum Gasteiger partial charge on any atom is 0.248 e. The van der Waals surface area contributed by atoms with Crippen LogP contribution in [0.5, 0.6) is 0 Å². The highest BCUT2D eigenvalue weighted by molar-refractivity contribution is 7.89. The molecule has 8 heteroatoms. The standard InChI is InChI=1S/C12H16N4O3S/c1-9-12(8-19-14-9)20(17,18)16-7-3-4-11(16)10-5-6-13-15(10)2/h5-6,8,11H,3-4,7H2,1-2H3/t11-/m0/s1. The van der Waals surface area contributed by atoms with Gasteiger partial charge in [-0.1, -0.05) is 5.16 Å². The zero-order valence-electron chi connectivity index (χ0n) is 11.4. The van der Waals surface area contributed by atoms with Gasteiger partial charge < -0.3 is 4.52 Å². The van der Waals surface area contributed by atoms with Crippen LogP contribution in [-0.4, -0.2) is 34.2 Å². The molecule has 108 valence electrons. The van der Waals surface area contributed by atoms with Crippen LogP contribution >= 0.6 is 0 Å². The second-order valence-corrected chi connectivity index (χ2v) is 6.78. The number of nitrogens with zero attached hydrogens (tertiary/aromatic N) is 4. The molecule has 1 atom stereocenters. The van der Waals surface area contributed by atoms with E-state index in [-0.39, 0.29) is 10.9 Å². The van der Waals surface area contributed by atoms with E-state index < -0.39 is 10.0 Å². The van der Waals surface area contributed by atoms with Gasteiger partial charge in [0.05, 0.1) is 11.7 Å². The highest BCUT2D eigenvalue weighted by atomic mass is 32.2. The molecule has 3 heterocycles. The van der Waals surface area contributed by atoms with E-state index in [0.717, 1.165) is 18.5 Å². The molecule has 0 bridgehead atoms. The fraction of sp³-hybridized carbons (Fsp3) is 0.500. The Kier molecular flexibility index (Phi) is 3.14. The normalized spacial score (nSPS) is 20.6. The van der Waals surface area contributed by atoms with E-state index in [9.17, 15) is 8.42 Å². The van der Waals surface area contributed by atoms with Crippen molar-refractivity contribution in [2.45, 2.75) is 30.7 Å². The van der Waals surface area contributed by atoms with Crippen molar-refractivity contribution in [3.05, 3.63) is 29.9 Å². The summed E-state index contributed by atoms with van der Waals surface area (Å²) >= 11 is 0. The molecule has 1 fully saturated rings. The van der Waals surface area contributed by atoms with Crippen molar-refractivity contribution in [3.8, 4) is 0 Å². The SMILES string of the molecule is Cc1nocc1S(=O)(=O)N1CCC[C@H]1c1ccnn1C. The van der Waals surface area contributed by atoms with Crippen LogP contribution in [0.4, 0.5) is 0 Å². The topological polar surface area (TPSA) is 81.2 Å². The van der Waals surface area contributed by atoms with Crippen molar-refractivity contribution < 1.29 is 12.9 Å². The van der Waals surface area contributed by atoms with Crippen molar-refractivity contribution in [1.29, 1.82) is 0 Å². The molecule has 2 aromatic heterocycles. The predicted octanol–water partition coefficient (Wildman–Crippen LogP) is 1.24. The number of hydrogen-bond acceptors (Lipinski definition) is 5. The molecule has 7 nitrogen and oxygen atoms in total. The summed E-state index contributed by atoms with van der Waals surface area (Å²) in [6, 6.07) is 1.68. The molecule has 0 radical (unpaired) electrons. The largest absolute Gasteiger partial charge is 0.363 e. The molecule has 1 aliphatic rings. The van der Waals surface area contributed by atoms with Crippen molar-refractivity contribution >= 4 is 10.0 Å². The Morgan fingerprint density at radius 3 is 2.85 bits per heavy atom. The van der Waals surface area contributed by atoms with Gasteiger partial charge in [-0.25, -0.2) is 8.42 Å². The Bertz CT molecular complexity index is 719. The molecule has 0 amide bonds. The maximum absolute atomic E-state index is 12.7. The minimum Gasteiger partial charge on any atom is -0.363 e. The predicted molar refractivity (Wildman–Crippen MR) is 70.3 cm³/mol. The molecule has 0 aliphatic carbocycles. The zero-order valence-corrected chi connectivity index (χ0v) is 12.2. The van der Waals surface area contributed by atoms with E-state index in [4.69, 9.17) is 4.52 Å². The molecule has 3 rings (SSSR count). The lowest BCUT2D eigenvalue weighted by molar-refractivity contribution is 0.379. The van der Waals surface area contributed by atoms with E-state index >= 15 is 0 Å². The Hall–Kier alpha value is -1.67. The first kappa shape index (κ1) is 13.3. The van der Waals surface area contributed by atoms with Crippen molar-refractivity contribution in [2.24, 2.45) is 7.05 Å². The highest BCUT2D eigenvalue weighted by Gasteiger charge is 2.39. The van der Waals surface area contributed by atoms with E-state index in [1.165, 1.54) is 10.6 Å². The number of hydrogen-bond donors (Lipinski definition) is 0. The molecule has 1 aliphatic heterocycles. The Morgan fingerprint density at radius 2 is 2.25 bits per heavy atom. The molecular weight excluding hydrogens is 280 g/mol. The first-order valence-electron chi connectivity index (χ1n) is 6.42. The van der Waals surface area contributed by atoms with Crippen LogP contribution in [-0.2, 0) is 17.1 Å². The van der Waals surface area contributed by atoms with Crippen LogP contribution in [0, 0.1) is 6.92 Å². The van der Waals surface area contributed by atoms with Crippen molar-refractivity contribution in [2.75, 3.05) is 6.54 Å². The lowest BCUT2D eigenvalue weighted by Gasteiger charge is -2.23. The minimum absolute atomic E-state index is 0.145. The highest BCUT2D eigenvalue weighted by Crippen LogP contribution is 2.36. The molecule has 0 spiro atoms. The van der Waals surface area contributed by atoms with E-state index in [1.54, 1.807) is 17.8 Å². The van der Waals surface area contributed by atoms with Crippen LogP contribution in [0.3, 0.4) is 0 Å². The van der Waals surface area contributed by atoms with E-state index in [0.29, 0.717) is 12.2 Å². The minimum atomic E-state index is -3.58. The third-order valence-corrected chi connectivity index (χ3v) is 5.70. The van der Waals surface area contributed by atoms with Crippen LogP contribution in [0.15, 0.2) is 27.9 Å². The summed E-state index contributed by atoms with van der Waals surface area (Å²) in [5.74, 6) is 0. The average molecular weight is 296 g/mol. The van der Waals surface area contributed by atoms with Gasteiger partial charge in [0.25, 0.3) is 0 Å². The third kappa shape index (κ3) is 1.95. The van der Waals surface area contributed by atoms with Gasteiger partial charge in [-0.3, -0.25) is 4.68 Å². The quantitative estimate of drug-likeness (QED) is 0.851. The average Bonchev–Trinajstić information content (AvgIpc) is 3.07. The summed E-state index contributed by atoms with van der Waals surface area (Å²) in [6.45, 7) is 2.13. The van der Waals surface area contributed by atoms with Gasteiger partial charge in [0.15, 0.2) is 0 Å². The fourth-order valence-corrected chi connectivity index (χ4v) is 4.44. The molecule has 0 saturated carbocycles. The van der Waals surface area contributed by atoms with Gasteiger partial charge in [-0.15, -0.1) is 0 Å². The summed E-state index contributed by atoms with van der Waals surface area (Å²) in [6.07, 6.45) is 4.51. The Balaban J connectivity index is 2.01. The molecule has 0 aromatic carbocycles. The third-order valence-electron chi connectivity index (χ3n) is 3.70. The molecule has 0 unspecified atom stereocenters. The van der Waals surface area contributed by atoms with Crippen molar-refractivity contribution in [3.63, 3.8) is 0 Å². The lowest BCUT2D eigenvalue weighted by Crippen LogP contribution is -2.31.